The first-order valence-corrected chi connectivity index (χ1v) is 4.38. The maximum Gasteiger partial charge on any atom is 0.143 e. The second-order valence-electron chi connectivity index (χ2n) is 3.04. The van der Waals surface area contributed by atoms with Crippen LogP contribution in [-0.4, -0.2) is 28.7 Å². The molecule has 0 fully saturated rings. The van der Waals surface area contributed by atoms with Gasteiger partial charge in [-0.1, -0.05) is 0 Å². The molecule has 2 heterocycles. The zero-order chi connectivity index (χ0) is 9.97. The summed E-state index contributed by atoms with van der Waals surface area (Å²) in [5.74, 6) is 0.516. The molecule has 5 nitrogen and oxygen atoms in total. The lowest BCUT2D eigenvalue weighted by Crippen LogP contribution is -1.97. The van der Waals surface area contributed by atoms with Crippen LogP contribution in [0.2, 0.25) is 0 Å². The van der Waals surface area contributed by atoms with Gasteiger partial charge in [0.25, 0.3) is 0 Å². The average molecular weight is 192 g/mol. The molecule has 2 rings (SSSR count). The highest BCUT2D eigenvalue weighted by Crippen LogP contribution is 2.20. The van der Waals surface area contributed by atoms with Gasteiger partial charge in [-0.15, -0.1) is 0 Å². The topological polar surface area (TPSA) is 76.8 Å². The number of nitrogen functional groups attached to an aromatic ring is 1. The van der Waals surface area contributed by atoms with E-state index in [1.807, 2.05) is 6.20 Å². The molecular weight excluding hydrogens is 180 g/mol. The molecule has 0 aliphatic carbocycles. The summed E-state index contributed by atoms with van der Waals surface area (Å²) in [6.07, 6.45) is 4.16. The number of rotatable bonds is 3. The van der Waals surface area contributed by atoms with Crippen LogP contribution in [0.1, 0.15) is 5.56 Å². The highest BCUT2D eigenvalue weighted by atomic mass is 16.5. The average Bonchev–Trinajstić information content (AvgIpc) is 2.59. The van der Waals surface area contributed by atoms with Crippen LogP contribution in [0.15, 0.2) is 12.5 Å². The van der Waals surface area contributed by atoms with Gasteiger partial charge in [-0.05, 0) is 12.0 Å². The van der Waals surface area contributed by atoms with Crippen LogP contribution >= 0.6 is 0 Å². The van der Waals surface area contributed by atoms with Crippen LogP contribution in [0.25, 0.3) is 11.0 Å². The molecule has 0 bridgehead atoms. The zero-order valence-electron chi connectivity index (χ0n) is 7.95. The van der Waals surface area contributed by atoms with E-state index >= 15 is 0 Å². The molecule has 2 aromatic heterocycles. The van der Waals surface area contributed by atoms with E-state index in [2.05, 4.69) is 15.0 Å². The lowest BCUT2D eigenvalue weighted by atomic mass is 10.2. The summed E-state index contributed by atoms with van der Waals surface area (Å²) < 4.78 is 5.01. The van der Waals surface area contributed by atoms with Crippen molar-refractivity contribution in [3.8, 4) is 0 Å². The van der Waals surface area contributed by atoms with Crippen LogP contribution in [0.4, 0.5) is 5.82 Å². The van der Waals surface area contributed by atoms with Gasteiger partial charge in [0, 0.05) is 13.3 Å². The van der Waals surface area contributed by atoms with Crippen molar-refractivity contribution in [1.29, 1.82) is 0 Å². The second kappa shape index (κ2) is 3.63. The summed E-state index contributed by atoms with van der Waals surface area (Å²) in [7, 11) is 1.68. The van der Waals surface area contributed by atoms with E-state index in [1.165, 1.54) is 6.33 Å². The molecular formula is C9H12N4O. The predicted octanol–water partition coefficient (Wildman–Crippen LogP) is 0.729. The molecule has 74 valence electrons. The van der Waals surface area contributed by atoms with Crippen molar-refractivity contribution in [2.75, 3.05) is 19.5 Å². The Morgan fingerprint density at radius 2 is 2.36 bits per heavy atom. The van der Waals surface area contributed by atoms with Crippen molar-refractivity contribution in [2.24, 2.45) is 0 Å². The monoisotopic (exact) mass is 192 g/mol. The number of H-pyrrole nitrogens is 1. The molecule has 0 atom stereocenters. The largest absolute Gasteiger partial charge is 0.384 e. The number of anilines is 1. The summed E-state index contributed by atoms with van der Waals surface area (Å²) in [5, 5.41) is 0.907. The fourth-order valence-corrected chi connectivity index (χ4v) is 1.46. The van der Waals surface area contributed by atoms with Crippen LogP contribution in [-0.2, 0) is 11.2 Å². The predicted molar refractivity (Wildman–Crippen MR) is 53.9 cm³/mol. The Morgan fingerprint density at radius 1 is 1.50 bits per heavy atom. The summed E-state index contributed by atoms with van der Waals surface area (Å²) >= 11 is 0. The van der Waals surface area contributed by atoms with Crippen molar-refractivity contribution < 1.29 is 4.74 Å². The van der Waals surface area contributed by atoms with Gasteiger partial charge in [-0.2, -0.15) is 0 Å². The van der Waals surface area contributed by atoms with Crippen molar-refractivity contribution >= 4 is 16.9 Å². The minimum atomic E-state index is 0.516. The van der Waals surface area contributed by atoms with E-state index in [0.29, 0.717) is 12.4 Å². The molecule has 5 heteroatoms. The fourth-order valence-electron chi connectivity index (χ4n) is 1.46. The van der Waals surface area contributed by atoms with E-state index < -0.39 is 0 Å². The summed E-state index contributed by atoms with van der Waals surface area (Å²) in [5.41, 5.74) is 7.64. The van der Waals surface area contributed by atoms with E-state index in [4.69, 9.17) is 10.5 Å². The summed E-state index contributed by atoms with van der Waals surface area (Å²) in [6, 6.07) is 0. The number of ether oxygens (including phenoxy) is 1. The van der Waals surface area contributed by atoms with E-state index in [9.17, 15) is 0 Å². The Hall–Kier alpha value is -1.62. The SMILES string of the molecule is COCCc1c[nH]c2ncnc(N)c12. The smallest absolute Gasteiger partial charge is 0.143 e. The number of fused-ring (bicyclic) bond motifs is 1. The van der Waals surface area contributed by atoms with Gasteiger partial charge >= 0.3 is 0 Å². The number of aromatic nitrogens is 3. The minimum absolute atomic E-state index is 0.516. The third kappa shape index (κ3) is 1.42. The highest BCUT2D eigenvalue weighted by Gasteiger charge is 2.07. The van der Waals surface area contributed by atoms with Crippen LogP contribution in [0.5, 0.6) is 0 Å². The second-order valence-corrected chi connectivity index (χ2v) is 3.04. The summed E-state index contributed by atoms with van der Waals surface area (Å²) in [4.78, 5) is 11.1. The number of nitrogens with two attached hydrogens (primary N) is 1. The number of nitrogens with one attached hydrogen (secondary N) is 1. The van der Waals surface area contributed by atoms with E-state index in [1.54, 1.807) is 7.11 Å². The van der Waals surface area contributed by atoms with Crippen LogP contribution in [0.3, 0.4) is 0 Å². The molecule has 0 saturated carbocycles. The molecule has 0 spiro atoms. The number of methoxy groups -OCH3 is 1. The molecule has 0 radical (unpaired) electrons. The van der Waals surface area contributed by atoms with Crippen molar-refractivity contribution in [3.05, 3.63) is 18.1 Å². The van der Waals surface area contributed by atoms with Gasteiger partial charge < -0.3 is 15.5 Å². The van der Waals surface area contributed by atoms with Crippen LogP contribution in [0, 0.1) is 0 Å². The Morgan fingerprint density at radius 3 is 3.14 bits per heavy atom. The first-order valence-electron chi connectivity index (χ1n) is 4.38. The first kappa shape index (κ1) is 8.96. The van der Waals surface area contributed by atoms with E-state index in [-0.39, 0.29) is 0 Å². The summed E-state index contributed by atoms with van der Waals surface area (Å²) in [6.45, 7) is 0.668. The normalized spacial score (nSPS) is 10.9. The first-order chi connectivity index (χ1) is 6.83. The molecule has 0 saturated heterocycles. The maximum absolute atomic E-state index is 5.76. The van der Waals surface area contributed by atoms with Gasteiger partial charge in [0.1, 0.15) is 17.8 Å². The van der Waals surface area contributed by atoms with Gasteiger partial charge in [0.05, 0.1) is 12.0 Å². The number of hydrogen-bond acceptors (Lipinski definition) is 4. The van der Waals surface area contributed by atoms with Crippen LogP contribution < -0.4 is 5.73 Å². The zero-order valence-corrected chi connectivity index (χ0v) is 7.95. The third-order valence-electron chi connectivity index (χ3n) is 2.16. The Labute approximate surface area is 81.3 Å². The highest BCUT2D eigenvalue weighted by molar-refractivity contribution is 5.89. The van der Waals surface area contributed by atoms with Crippen molar-refractivity contribution in [3.63, 3.8) is 0 Å². The lowest BCUT2D eigenvalue weighted by molar-refractivity contribution is 0.202. The minimum Gasteiger partial charge on any atom is -0.384 e. The molecule has 0 aliphatic rings. The molecule has 2 aromatic rings. The Kier molecular flexibility index (Phi) is 2.32. The number of nitrogens with zero attached hydrogens (tertiary/aromatic N) is 2. The number of aromatic amines is 1. The standard InChI is InChI=1S/C9H12N4O/c1-14-3-2-6-4-11-9-7(6)8(10)12-5-13-9/h4-5H,2-3H2,1H3,(H3,10,11,12,13). The van der Waals surface area contributed by atoms with Gasteiger partial charge in [0.15, 0.2) is 0 Å². The van der Waals surface area contributed by atoms with Gasteiger partial charge in [-0.25, -0.2) is 9.97 Å². The Balaban J connectivity index is 2.45. The molecule has 0 amide bonds. The fraction of sp³-hybridized carbons (Fsp3) is 0.333. The van der Waals surface area contributed by atoms with Crippen molar-refractivity contribution in [2.45, 2.75) is 6.42 Å². The van der Waals surface area contributed by atoms with Gasteiger partial charge in [0.2, 0.25) is 0 Å². The third-order valence-corrected chi connectivity index (χ3v) is 2.16. The quantitative estimate of drug-likeness (QED) is 0.751. The molecule has 14 heavy (non-hydrogen) atoms. The lowest BCUT2D eigenvalue weighted by Gasteiger charge is -1.99. The molecule has 0 aliphatic heterocycles. The van der Waals surface area contributed by atoms with Gasteiger partial charge in [-0.3, -0.25) is 0 Å². The molecule has 0 unspecified atom stereocenters. The van der Waals surface area contributed by atoms with E-state index in [0.717, 1.165) is 23.0 Å². The maximum atomic E-state index is 5.76. The molecule has 3 N–H and O–H groups in total. The number of hydrogen-bond donors (Lipinski definition) is 2. The molecule has 0 aromatic carbocycles. The van der Waals surface area contributed by atoms with Crippen molar-refractivity contribution in [1.82, 2.24) is 15.0 Å². The Bertz CT molecular complexity index is 437.